The van der Waals surface area contributed by atoms with Gasteiger partial charge in [-0.05, 0) is 32.6 Å². The highest BCUT2D eigenvalue weighted by atomic mass is 16.5. The molecule has 4 heteroatoms. The fourth-order valence-corrected chi connectivity index (χ4v) is 2.81. The molecule has 0 aromatic carbocycles. The molecule has 1 unspecified atom stereocenters. The SMILES string of the molecule is Cc1n[nH]c(C)c1C1COCCN1CC1CC1. The van der Waals surface area contributed by atoms with Gasteiger partial charge in [0.1, 0.15) is 0 Å². The summed E-state index contributed by atoms with van der Waals surface area (Å²) in [4.78, 5) is 2.59. The lowest BCUT2D eigenvalue weighted by Gasteiger charge is -2.36. The highest BCUT2D eigenvalue weighted by Gasteiger charge is 2.32. The van der Waals surface area contributed by atoms with Crippen molar-refractivity contribution < 1.29 is 4.74 Å². The Hall–Kier alpha value is -0.870. The normalized spacial score (nSPS) is 26.4. The molecule has 1 saturated carbocycles. The molecule has 1 saturated heterocycles. The lowest BCUT2D eigenvalue weighted by molar-refractivity contribution is -0.0109. The van der Waals surface area contributed by atoms with Gasteiger partial charge in [0.2, 0.25) is 0 Å². The predicted molar refractivity (Wildman–Crippen MR) is 65.9 cm³/mol. The van der Waals surface area contributed by atoms with E-state index >= 15 is 0 Å². The van der Waals surface area contributed by atoms with Gasteiger partial charge >= 0.3 is 0 Å². The molecule has 0 radical (unpaired) electrons. The summed E-state index contributed by atoms with van der Waals surface area (Å²) in [6.07, 6.45) is 2.82. The third-order valence-electron chi connectivity index (χ3n) is 3.95. The van der Waals surface area contributed by atoms with Crippen molar-refractivity contribution in [1.82, 2.24) is 15.1 Å². The number of rotatable bonds is 3. The average molecular weight is 235 g/mol. The van der Waals surface area contributed by atoms with Gasteiger partial charge in [0.25, 0.3) is 0 Å². The summed E-state index contributed by atoms with van der Waals surface area (Å²) >= 11 is 0. The van der Waals surface area contributed by atoms with Crippen LogP contribution >= 0.6 is 0 Å². The average Bonchev–Trinajstić information content (AvgIpc) is 3.07. The monoisotopic (exact) mass is 235 g/mol. The summed E-state index contributed by atoms with van der Waals surface area (Å²) in [5.74, 6) is 0.933. The number of aromatic amines is 1. The number of hydrogen-bond donors (Lipinski definition) is 1. The molecule has 1 aromatic heterocycles. The van der Waals surface area contributed by atoms with Gasteiger partial charge in [-0.2, -0.15) is 5.10 Å². The van der Waals surface area contributed by atoms with E-state index in [-0.39, 0.29) is 0 Å². The van der Waals surface area contributed by atoms with Crippen molar-refractivity contribution in [3.05, 3.63) is 17.0 Å². The second-order valence-electron chi connectivity index (χ2n) is 5.38. The van der Waals surface area contributed by atoms with Crippen LogP contribution in [0.15, 0.2) is 0 Å². The zero-order chi connectivity index (χ0) is 11.8. The Morgan fingerprint density at radius 2 is 2.24 bits per heavy atom. The van der Waals surface area contributed by atoms with E-state index in [0.717, 1.165) is 31.4 Å². The largest absolute Gasteiger partial charge is 0.378 e. The van der Waals surface area contributed by atoms with E-state index in [4.69, 9.17) is 4.74 Å². The molecular weight excluding hydrogens is 214 g/mol. The number of nitrogens with one attached hydrogen (secondary N) is 1. The van der Waals surface area contributed by atoms with Crippen LogP contribution in [-0.4, -0.2) is 41.4 Å². The number of morpholine rings is 1. The fraction of sp³-hybridized carbons (Fsp3) is 0.769. The third kappa shape index (κ3) is 2.24. The Bertz CT molecular complexity index is 378. The van der Waals surface area contributed by atoms with Crippen LogP contribution in [0.1, 0.15) is 35.8 Å². The molecule has 1 aromatic rings. The minimum absolute atomic E-state index is 0.406. The molecule has 3 rings (SSSR count). The second kappa shape index (κ2) is 4.42. The highest BCUT2D eigenvalue weighted by molar-refractivity contribution is 5.27. The number of H-pyrrole nitrogens is 1. The van der Waals surface area contributed by atoms with Gasteiger partial charge in [-0.1, -0.05) is 0 Å². The van der Waals surface area contributed by atoms with E-state index in [0.29, 0.717) is 6.04 Å². The molecule has 1 atom stereocenters. The topological polar surface area (TPSA) is 41.1 Å². The van der Waals surface area contributed by atoms with Crippen LogP contribution in [0.4, 0.5) is 0 Å². The second-order valence-corrected chi connectivity index (χ2v) is 5.38. The molecule has 0 amide bonds. The van der Waals surface area contributed by atoms with Gasteiger partial charge in [0.15, 0.2) is 0 Å². The lowest BCUT2D eigenvalue weighted by Crippen LogP contribution is -2.41. The van der Waals surface area contributed by atoms with Crippen LogP contribution < -0.4 is 0 Å². The first-order valence-electron chi connectivity index (χ1n) is 6.59. The maximum absolute atomic E-state index is 5.66. The van der Waals surface area contributed by atoms with Crippen molar-refractivity contribution in [3.63, 3.8) is 0 Å². The summed E-state index contributed by atoms with van der Waals surface area (Å²) in [7, 11) is 0. The number of hydrogen-bond acceptors (Lipinski definition) is 3. The lowest BCUT2D eigenvalue weighted by atomic mass is 10.0. The quantitative estimate of drug-likeness (QED) is 0.868. The van der Waals surface area contributed by atoms with Crippen LogP contribution in [0, 0.1) is 19.8 Å². The number of nitrogens with zero attached hydrogens (tertiary/aromatic N) is 2. The van der Waals surface area contributed by atoms with Crippen molar-refractivity contribution in [3.8, 4) is 0 Å². The van der Waals surface area contributed by atoms with Gasteiger partial charge in [-0.3, -0.25) is 10.00 Å². The highest BCUT2D eigenvalue weighted by Crippen LogP contribution is 2.35. The Morgan fingerprint density at radius 3 is 2.88 bits per heavy atom. The Balaban J connectivity index is 1.82. The molecule has 1 aliphatic heterocycles. The Labute approximate surface area is 102 Å². The van der Waals surface area contributed by atoms with Crippen molar-refractivity contribution in [2.75, 3.05) is 26.3 Å². The number of aromatic nitrogens is 2. The van der Waals surface area contributed by atoms with Gasteiger partial charge in [0.05, 0.1) is 24.9 Å². The summed E-state index contributed by atoms with van der Waals surface area (Å²) in [6.45, 7) is 8.18. The fourth-order valence-electron chi connectivity index (χ4n) is 2.81. The minimum atomic E-state index is 0.406. The predicted octanol–water partition coefficient (Wildman–Crippen LogP) is 1.81. The molecule has 1 N–H and O–H groups in total. The molecule has 2 aliphatic rings. The summed E-state index contributed by atoms with van der Waals surface area (Å²) in [6, 6.07) is 0.406. The first kappa shape index (κ1) is 11.2. The van der Waals surface area contributed by atoms with Gasteiger partial charge in [-0.25, -0.2) is 0 Å². The van der Waals surface area contributed by atoms with Crippen molar-refractivity contribution in [2.24, 2.45) is 5.92 Å². The zero-order valence-corrected chi connectivity index (χ0v) is 10.7. The van der Waals surface area contributed by atoms with Crippen molar-refractivity contribution >= 4 is 0 Å². The maximum Gasteiger partial charge on any atom is 0.0665 e. The summed E-state index contributed by atoms with van der Waals surface area (Å²) in [5.41, 5.74) is 3.67. The summed E-state index contributed by atoms with van der Waals surface area (Å²) in [5, 5.41) is 7.40. The van der Waals surface area contributed by atoms with Crippen LogP contribution in [0.5, 0.6) is 0 Å². The standard InChI is InChI=1S/C13H21N3O/c1-9-13(10(2)15-14-9)12-8-17-6-5-16(12)7-11-3-4-11/h11-12H,3-8H2,1-2H3,(H,14,15). The molecule has 17 heavy (non-hydrogen) atoms. The third-order valence-corrected chi connectivity index (χ3v) is 3.95. The van der Waals surface area contributed by atoms with Crippen molar-refractivity contribution in [1.29, 1.82) is 0 Å². The first-order valence-corrected chi connectivity index (χ1v) is 6.59. The molecule has 4 nitrogen and oxygen atoms in total. The molecule has 2 fully saturated rings. The van der Waals surface area contributed by atoms with Crippen molar-refractivity contribution in [2.45, 2.75) is 32.7 Å². The van der Waals surface area contributed by atoms with E-state index < -0.39 is 0 Å². The van der Waals surface area contributed by atoms with Gasteiger partial charge in [-0.15, -0.1) is 0 Å². The smallest absolute Gasteiger partial charge is 0.0665 e. The van der Waals surface area contributed by atoms with Crippen LogP contribution in [0.25, 0.3) is 0 Å². The molecule has 2 heterocycles. The Kier molecular flexibility index (Phi) is 2.92. The molecule has 1 aliphatic carbocycles. The van der Waals surface area contributed by atoms with E-state index in [2.05, 4.69) is 28.9 Å². The molecule has 0 bridgehead atoms. The van der Waals surface area contributed by atoms with E-state index in [9.17, 15) is 0 Å². The van der Waals surface area contributed by atoms with Gasteiger partial charge in [0, 0.05) is 24.3 Å². The zero-order valence-electron chi connectivity index (χ0n) is 10.7. The van der Waals surface area contributed by atoms with E-state index in [1.54, 1.807) is 0 Å². The van der Waals surface area contributed by atoms with Crippen LogP contribution in [0.3, 0.4) is 0 Å². The van der Waals surface area contributed by atoms with E-state index in [1.165, 1.54) is 30.6 Å². The molecule has 94 valence electrons. The molecule has 0 spiro atoms. The Morgan fingerprint density at radius 1 is 1.41 bits per heavy atom. The summed E-state index contributed by atoms with van der Waals surface area (Å²) < 4.78 is 5.66. The number of ether oxygens (including phenoxy) is 1. The maximum atomic E-state index is 5.66. The van der Waals surface area contributed by atoms with Gasteiger partial charge < -0.3 is 4.74 Å². The number of aryl methyl sites for hydroxylation is 2. The van der Waals surface area contributed by atoms with Crippen LogP contribution in [0.2, 0.25) is 0 Å². The first-order chi connectivity index (χ1) is 8.25. The van der Waals surface area contributed by atoms with E-state index in [1.807, 2.05) is 0 Å². The minimum Gasteiger partial charge on any atom is -0.378 e. The van der Waals surface area contributed by atoms with Crippen LogP contribution in [-0.2, 0) is 4.74 Å². The molecular formula is C13H21N3O.